The largest absolute Gasteiger partial charge is 0.482 e. The summed E-state index contributed by atoms with van der Waals surface area (Å²) in [4.78, 5) is 11.4. The van der Waals surface area contributed by atoms with E-state index in [2.05, 4.69) is 5.32 Å². The molecule has 1 aromatic carbocycles. The molecule has 1 amide bonds. The molecule has 4 heteroatoms. The predicted molar refractivity (Wildman–Crippen MR) is 85.0 cm³/mol. The third kappa shape index (κ3) is 3.52. The number of hydrogen-bond acceptors (Lipinski definition) is 2. The molecule has 3 rings (SSSR count). The van der Waals surface area contributed by atoms with Crippen LogP contribution < -0.4 is 10.1 Å². The van der Waals surface area contributed by atoms with Gasteiger partial charge < -0.3 is 10.1 Å². The second-order valence-electron chi connectivity index (χ2n) is 6.10. The third-order valence-corrected chi connectivity index (χ3v) is 5.13. The molecule has 3 nitrogen and oxygen atoms in total. The number of ether oxygens (including phenoxy) is 1. The van der Waals surface area contributed by atoms with Crippen molar-refractivity contribution in [3.05, 3.63) is 23.8 Å². The molecule has 1 atom stereocenters. The van der Waals surface area contributed by atoms with Crippen LogP contribution in [0.25, 0.3) is 0 Å². The summed E-state index contributed by atoms with van der Waals surface area (Å²) in [5, 5.41) is 2.88. The van der Waals surface area contributed by atoms with E-state index in [-0.39, 0.29) is 17.9 Å². The van der Waals surface area contributed by atoms with Crippen molar-refractivity contribution in [1.29, 1.82) is 0 Å². The molecule has 0 saturated heterocycles. The topological polar surface area (TPSA) is 38.3 Å². The highest BCUT2D eigenvalue weighted by Gasteiger charge is 2.24. The number of alkyl halides is 1. The van der Waals surface area contributed by atoms with Crippen LogP contribution in [0, 0.1) is 5.92 Å². The van der Waals surface area contributed by atoms with Crippen molar-refractivity contribution in [2.24, 2.45) is 5.92 Å². The van der Waals surface area contributed by atoms with Crippen LogP contribution in [0.4, 0.5) is 5.69 Å². The van der Waals surface area contributed by atoms with Gasteiger partial charge in [0, 0.05) is 0 Å². The SMILES string of the molecule is O=C1COc2ccc(C(Cl)C3CCCCCCC3)cc2N1. The van der Waals surface area contributed by atoms with Gasteiger partial charge in [-0.2, -0.15) is 0 Å². The van der Waals surface area contributed by atoms with Gasteiger partial charge in [0.1, 0.15) is 5.75 Å². The minimum absolute atomic E-state index is 0.0206. The Kier molecular flexibility index (Phi) is 4.69. The average molecular weight is 308 g/mol. The predicted octanol–water partition coefficient (Wildman–Crippen LogP) is 4.66. The second-order valence-corrected chi connectivity index (χ2v) is 6.57. The van der Waals surface area contributed by atoms with Crippen molar-refractivity contribution in [2.75, 3.05) is 11.9 Å². The monoisotopic (exact) mass is 307 g/mol. The first-order valence-corrected chi connectivity index (χ1v) is 8.38. The summed E-state index contributed by atoms with van der Waals surface area (Å²) >= 11 is 6.74. The minimum Gasteiger partial charge on any atom is -0.482 e. The van der Waals surface area contributed by atoms with Crippen LogP contribution in [0.2, 0.25) is 0 Å². The molecule has 1 heterocycles. The van der Waals surface area contributed by atoms with E-state index in [0.29, 0.717) is 5.92 Å². The van der Waals surface area contributed by atoms with E-state index in [1.807, 2.05) is 18.2 Å². The number of fused-ring (bicyclic) bond motifs is 1. The molecule has 0 radical (unpaired) electrons. The van der Waals surface area contributed by atoms with Crippen LogP contribution in [0.1, 0.15) is 55.9 Å². The normalized spacial score (nSPS) is 21.5. The molecule has 1 unspecified atom stereocenters. The molecule has 1 N–H and O–H groups in total. The van der Waals surface area contributed by atoms with Crippen molar-refractivity contribution in [3.8, 4) is 5.75 Å². The molecule has 1 saturated carbocycles. The van der Waals surface area contributed by atoms with Gasteiger partial charge in [-0.25, -0.2) is 0 Å². The molecular weight excluding hydrogens is 286 g/mol. The van der Waals surface area contributed by atoms with E-state index in [9.17, 15) is 4.79 Å². The number of anilines is 1. The van der Waals surface area contributed by atoms with E-state index in [0.717, 1.165) is 17.0 Å². The Labute approximate surface area is 131 Å². The summed E-state index contributed by atoms with van der Waals surface area (Å²) in [6.45, 7) is 0.0965. The summed E-state index contributed by atoms with van der Waals surface area (Å²) in [6.07, 6.45) is 8.98. The Balaban J connectivity index is 1.75. The zero-order valence-electron chi connectivity index (χ0n) is 12.2. The van der Waals surface area contributed by atoms with Crippen LogP contribution >= 0.6 is 11.6 Å². The van der Waals surface area contributed by atoms with E-state index in [1.54, 1.807) is 0 Å². The maximum atomic E-state index is 11.4. The molecule has 2 aliphatic rings. The number of carbonyl (C=O) groups excluding carboxylic acids is 1. The number of amides is 1. The molecule has 1 aromatic rings. The number of benzene rings is 1. The molecule has 1 fully saturated rings. The van der Waals surface area contributed by atoms with Gasteiger partial charge in [-0.3, -0.25) is 4.79 Å². The van der Waals surface area contributed by atoms with Gasteiger partial charge in [-0.05, 0) is 36.5 Å². The van der Waals surface area contributed by atoms with E-state index >= 15 is 0 Å². The van der Waals surface area contributed by atoms with Crippen LogP contribution in [0.15, 0.2) is 18.2 Å². The summed E-state index contributed by atoms with van der Waals surface area (Å²) in [5.74, 6) is 1.17. The van der Waals surface area contributed by atoms with E-state index in [1.165, 1.54) is 44.9 Å². The first-order valence-electron chi connectivity index (χ1n) is 7.95. The molecule has 1 aliphatic heterocycles. The van der Waals surface area contributed by atoms with Crippen LogP contribution in [-0.4, -0.2) is 12.5 Å². The summed E-state index contributed by atoms with van der Waals surface area (Å²) < 4.78 is 5.40. The molecule has 21 heavy (non-hydrogen) atoms. The lowest BCUT2D eigenvalue weighted by Crippen LogP contribution is -2.25. The average Bonchev–Trinajstić information content (AvgIpc) is 2.45. The fraction of sp³-hybridized carbons (Fsp3) is 0.588. The number of nitrogens with one attached hydrogen (secondary N) is 1. The minimum atomic E-state index is -0.100. The van der Waals surface area contributed by atoms with Crippen molar-refractivity contribution in [3.63, 3.8) is 0 Å². The maximum absolute atomic E-state index is 11.4. The number of halogens is 1. The van der Waals surface area contributed by atoms with Gasteiger partial charge in [0.2, 0.25) is 0 Å². The lowest BCUT2D eigenvalue weighted by Gasteiger charge is -2.26. The molecule has 114 valence electrons. The maximum Gasteiger partial charge on any atom is 0.262 e. The first kappa shape index (κ1) is 14.7. The van der Waals surface area contributed by atoms with Crippen molar-refractivity contribution in [1.82, 2.24) is 0 Å². The highest BCUT2D eigenvalue weighted by molar-refractivity contribution is 6.21. The Morgan fingerprint density at radius 1 is 1.14 bits per heavy atom. The van der Waals surface area contributed by atoms with Gasteiger partial charge in [0.15, 0.2) is 6.61 Å². The quantitative estimate of drug-likeness (QED) is 0.807. The lowest BCUT2D eigenvalue weighted by molar-refractivity contribution is -0.118. The second kappa shape index (κ2) is 6.69. The lowest BCUT2D eigenvalue weighted by atomic mass is 9.86. The highest BCUT2D eigenvalue weighted by Crippen LogP contribution is 2.40. The number of hydrogen-bond donors (Lipinski definition) is 1. The third-order valence-electron chi connectivity index (χ3n) is 4.52. The molecule has 0 aromatic heterocycles. The number of carbonyl (C=O) groups is 1. The van der Waals surface area contributed by atoms with Crippen molar-refractivity contribution >= 4 is 23.2 Å². The van der Waals surface area contributed by atoms with Crippen LogP contribution in [-0.2, 0) is 4.79 Å². The van der Waals surface area contributed by atoms with Crippen molar-refractivity contribution in [2.45, 2.75) is 50.3 Å². The number of rotatable bonds is 2. The van der Waals surface area contributed by atoms with Crippen molar-refractivity contribution < 1.29 is 9.53 Å². The highest BCUT2D eigenvalue weighted by atomic mass is 35.5. The van der Waals surface area contributed by atoms with E-state index < -0.39 is 0 Å². The zero-order valence-corrected chi connectivity index (χ0v) is 13.0. The molecule has 0 spiro atoms. The Bertz CT molecular complexity index is 510. The Morgan fingerprint density at radius 2 is 1.86 bits per heavy atom. The summed E-state index contributed by atoms with van der Waals surface area (Å²) in [6, 6.07) is 5.93. The Hall–Kier alpha value is -1.22. The molecule has 1 aliphatic carbocycles. The van der Waals surface area contributed by atoms with Gasteiger partial charge in [0.25, 0.3) is 5.91 Å². The zero-order chi connectivity index (χ0) is 14.7. The summed E-state index contributed by atoms with van der Waals surface area (Å²) in [5.41, 5.74) is 1.84. The fourth-order valence-electron chi connectivity index (χ4n) is 3.32. The van der Waals surface area contributed by atoms with Crippen LogP contribution in [0.3, 0.4) is 0 Å². The van der Waals surface area contributed by atoms with Gasteiger partial charge in [0.05, 0.1) is 11.1 Å². The molecule has 0 bridgehead atoms. The van der Waals surface area contributed by atoms with E-state index in [4.69, 9.17) is 16.3 Å². The van der Waals surface area contributed by atoms with Crippen LogP contribution in [0.5, 0.6) is 5.75 Å². The van der Waals surface area contributed by atoms with Gasteiger partial charge in [-0.15, -0.1) is 11.6 Å². The summed E-state index contributed by atoms with van der Waals surface area (Å²) in [7, 11) is 0. The standard InChI is InChI=1S/C17H22ClNO2/c18-17(12-6-4-2-1-3-5-7-12)13-8-9-15-14(10-13)19-16(20)11-21-15/h8-10,12,17H,1-7,11H2,(H,19,20). The first-order chi connectivity index (χ1) is 10.2. The Morgan fingerprint density at radius 3 is 2.62 bits per heavy atom. The molecular formula is C17H22ClNO2. The van der Waals surface area contributed by atoms with Gasteiger partial charge >= 0.3 is 0 Å². The smallest absolute Gasteiger partial charge is 0.262 e. The van der Waals surface area contributed by atoms with Gasteiger partial charge in [-0.1, -0.05) is 38.2 Å². The fourth-order valence-corrected chi connectivity index (χ4v) is 3.71.